The van der Waals surface area contributed by atoms with E-state index in [4.69, 9.17) is 10.5 Å². The molecule has 0 atom stereocenters. The maximum atomic E-state index is 12.6. The van der Waals surface area contributed by atoms with E-state index >= 15 is 0 Å². The zero-order chi connectivity index (χ0) is 14.6. The van der Waals surface area contributed by atoms with Crippen molar-refractivity contribution in [2.24, 2.45) is 5.73 Å². The zero-order valence-corrected chi connectivity index (χ0v) is 13.2. The molecule has 1 fully saturated rings. The number of methoxy groups -OCH3 is 1. The van der Waals surface area contributed by atoms with Crippen LogP contribution in [0.4, 0.5) is 0 Å². The molecule has 112 valence electrons. The van der Waals surface area contributed by atoms with Crippen LogP contribution in [0.25, 0.3) is 0 Å². The summed E-state index contributed by atoms with van der Waals surface area (Å²) in [6.07, 6.45) is 0.893. The van der Waals surface area contributed by atoms with Crippen molar-refractivity contribution in [2.75, 3.05) is 31.7 Å². The van der Waals surface area contributed by atoms with Crippen LogP contribution in [0.1, 0.15) is 12.0 Å². The molecule has 20 heavy (non-hydrogen) atoms. The molecular weight excluding hydrogens is 296 g/mol. The topological polar surface area (TPSA) is 72.6 Å². The van der Waals surface area contributed by atoms with Gasteiger partial charge in [0.05, 0.1) is 12.0 Å². The van der Waals surface area contributed by atoms with Crippen LogP contribution in [0.15, 0.2) is 23.1 Å². The van der Waals surface area contributed by atoms with E-state index in [9.17, 15) is 8.42 Å². The Balaban J connectivity index is 2.33. The first-order chi connectivity index (χ1) is 9.59. The first kappa shape index (κ1) is 15.6. The Morgan fingerprint density at radius 2 is 2.15 bits per heavy atom. The molecule has 0 aromatic heterocycles. The van der Waals surface area contributed by atoms with Crippen molar-refractivity contribution in [3.05, 3.63) is 23.8 Å². The van der Waals surface area contributed by atoms with Gasteiger partial charge in [-0.3, -0.25) is 0 Å². The Labute approximate surface area is 124 Å². The van der Waals surface area contributed by atoms with Crippen LogP contribution in [-0.2, 0) is 16.6 Å². The Hall–Kier alpha value is -0.760. The quantitative estimate of drug-likeness (QED) is 0.906. The van der Waals surface area contributed by atoms with Crippen molar-refractivity contribution in [1.82, 2.24) is 4.31 Å². The van der Waals surface area contributed by atoms with Crippen molar-refractivity contribution in [1.29, 1.82) is 0 Å². The molecule has 2 rings (SSSR count). The summed E-state index contributed by atoms with van der Waals surface area (Å²) in [7, 11) is -1.88. The molecule has 1 heterocycles. The molecule has 1 aromatic rings. The number of rotatable bonds is 4. The third-order valence-electron chi connectivity index (χ3n) is 3.29. The van der Waals surface area contributed by atoms with E-state index in [0.717, 1.165) is 17.9 Å². The number of hydrogen-bond acceptors (Lipinski definition) is 5. The molecule has 0 saturated carbocycles. The van der Waals surface area contributed by atoms with E-state index in [-0.39, 0.29) is 6.54 Å². The predicted octanol–water partition coefficient (Wildman–Crippen LogP) is 1.28. The van der Waals surface area contributed by atoms with E-state index in [0.29, 0.717) is 29.3 Å². The lowest BCUT2D eigenvalue weighted by Gasteiger charge is -2.20. The molecule has 0 amide bonds. The maximum Gasteiger partial charge on any atom is 0.243 e. The summed E-state index contributed by atoms with van der Waals surface area (Å²) in [6, 6.07) is 4.87. The summed E-state index contributed by atoms with van der Waals surface area (Å²) in [5.74, 6) is 2.49. The molecule has 1 aromatic carbocycles. The fourth-order valence-corrected chi connectivity index (χ4v) is 4.72. The van der Waals surface area contributed by atoms with Gasteiger partial charge in [0, 0.05) is 31.0 Å². The standard InChI is InChI=1S/C13H20N2O3S2/c1-18-13-4-3-12(9-11(13)10-14)20(16,17)15-5-2-7-19-8-6-15/h3-4,9H,2,5-8,10,14H2,1H3. The molecule has 2 N–H and O–H groups in total. The van der Waals surface area contributed by atoms with Gasteiger partial charge in [-0.15, -0.1) is 0 Å². The van der Waals surface area contributed by atoms with Crippen LogP contribution < -0.4 is 10.5 Å². The second kappa shape index (κ2) is 6.80. The first-order valence-electron chi connectivity index (χ1n) is 6.54. The molecule has 5 nitrogen and oxygen atoms in total. The molecule has 0 bridgehead atoms. The van der Waals surface area contributed by atoms with Crippen molar-refractivity contribution in [2.45, 2.75) is 17.9 Å². The van der Waals surface area contributed by atoms with Gasteiger partial charge in [-0.25, -0.2) is 8.42 Å². The van der Waals surface area contributed by atoms with Gasteiger partial charge in [-0.2, -0.15) is 16.1 Å². The summed E-state index contributed by atoms with van der Waals surface area (Å²) in [6.45, 7) is 1.40. The van der Waals surface area contributed by atoms with E-state index in [1.165, 1.54) is 0 Å². The number of nitrogens with zero attached hydrogens (tertiary/aromatic N) is 1. The molecule has 1 aliphatic rings. The predicted molar refractivity (Wildman–Crippen MR) is 81.6 cm³/mol. The average molecular weight is 316 g/mol. The highest BCUT2D eigenvalue weighted by Gasteiger charge is 2.25. The number of hydrogen-bond donors (Lipinski definition) is 1. The number of nitrogens with two attached hydrogens (primary N) is 1. The molecule has 0 aliphatic carbocycles. The molecule has 0 radical (unpaired) electrons. The largest absolute Gasteiger partial charge is 0.496 e. The number of sulfonamides is 1. The van der Waals surface area contributed by atoms with Crippen LogP contribution in [0.5, 0.6) is 5.75 Å². The van der Waals surface area contributed by atoms with Gasteiger partial charge in [-0.05, 0) is 30.4 Å². The monoisotopic (exact) mass is 316 g/mol. The van der Waals surface area contributed by atoms with Crippen LogP contribution in [0, 0.1) is 0 Å². The Morgan fingerprint density at radius 1 is 1.35 bits per heavy atom. The van der Waals surface area contributed by atoms with Gasteiger partial charge in [0.15, 0.2) is 0 Å². The fourth-order valence-electron chi connectivity index (χ4n) is 2.19. The molecular formula is C13H20N2O3S2. The van der Waals surface area contributed by atoms with Gasteiger partial charge in [0.1, 0.15) is 5.75 Å². The highest BCUT2D eigenvalue weighted by molar-refractivity contribution is 7.99. The van der Waals surface area contributed by atoms with Gasteiger partial charge < -0.3 is 10.5 Å². The van der Waals surface area contributed by atoms with Crippen LogP contribution in [0.3, 0.4) is 0 Å². The van der Waals surface area contributed by atoms with Crippen molar-refractivity contribution < 1.29 is 13.2 Å². The highest BCUT2D eigenvalue weighted by Crippen LogP contribution is 2.25. The van der Waals surface area contributed by atoms with Crippen LogP contribution in [0.2, 0.25) is 0 Å². The lowest BCUT2D eigenvalue weighted by molar-refractivity contribution is 0.408. The molecule has 1 aliphatic heterocycles. The number of thioether (sulfide) groups is 1. The van der Waals surface area contributed by atoms with E-state index < -0.39 is 10.0 Å². The Kier molecular flexibility index (Phi) is 5.31. The SMILES string of the molecule is COc1ccc(S(=O)(=O)N2CCCSCC2)cc1CN. The first-order valence-corrected chi connectivity index (χ1v) is 9.14. The summed E-state index contributed by atoms with van der Waals surface area (Å²) >= 11 is 1.80. The van der Waals surface area contributed by atoms with Gasteiger partial charge in [-0.1, -0.05) is 0 Å². The second-order valence-electron chi connectivity index (χ2n) is 4.55. The molecule has 0 unspecified atom stereocenters. The summed E-state index contributed by atoms with van der Waals surface area (Å²) in [5.41, 5.74) is 6.36. The fraction of sp³-hybridized carbons (Fsp3) is 0.538. The second-order valence-corrected chi connectivity index (χ2v) is 7.71. The third kappa shape index (κ3) is 3.28. The smallest absolute Gasteiger partial charge is 0.243 e. The summed E-state index contributed by atoms with van der Waals surface area (Å²) in [4.78, 5) is 0.297. The number of benzene rings is 1. The van der Waals surface area contributed by atoms with Gasteiger partial charge in [0.25, 0.3) is 0 Å². The lowest BCUT2D eigenvalue weighted by atomic mass is 10.2. The average Bonchev–Trinajstić information content (AvgIpc) is 2.76. The third-order valence-corrected chi connectivity index (χ3v) is 6.23. The van der Waals surface area contributed by atoms with E-state index in [2.05, 4.69) is 0 Å². The van der Waals surface area contributed by atoms with Gasteiger partial charge in [0.2, 0.25) is 10.0 Å². The van der Waals surface area contributed by atoms with Crippen LogP contribution >= 0.6 is 11.8 Å². The Bertz CT molecular complexity index is 553. The van der Waals surface area contributed by atoms with E-state index in [1.807, 2.05) is 0 Å². The van der Waals surface area contributed by atoms with E-state index in [1.54, 1.807) is 41.4 Å². The minimum absolute atomic E-state index is 0.252. The molecule has 0 spiro atoms. The Morgan fingerprint density at radius 3 is 2.85 bits per heavy atom. The van der Waals surface area contributed by atoms with Crippen LogP contribution in [-0.4, -0.2) is 44.4 Å². The van der Waals surface area contributed by atoms with Crippen molar-refractivity contribution >= 4 is 21.8 Å². The minimum Gasteiger partial charge on any atom is -0.496 e. The highest BCUT2D eigenvalue weighted by atomic mass is 32.2. The maximum absolute atomic E-state index is 12.6. The number of ether oxygens (including phenoxy) is 1. The molecule has 7 heteroatoms. The normalized spacial score (nSPS) is 17.7. The summed E-state index contributed by atoms with van der Waals surface area (Å²) < 4.78 is 32.0. The van der Waals surface area contributed by atoms with Gasteiger partial charge >= 0.3 is 0 Å². The summed E-state index contributed by atoms with van der Waals surface area (Å²) in [5, 5.41) is 0. The molecule has 1 saturated heterocycles. The zero-order valence-electron chi connectivity index (χ0n) is 11.5. The minimum atomic E-state index is -3.43. The lowest BCUT2D eigenvalue weighted by Crippen LogP contribution is -2.33. The van der Waals surface area contributed by atoms with Crippen molar-refractivity contribution in [3.63, 3.8) is 0 Å². The van der Waals surface area contributed by atoms with Crippen molar-refractivity contribution in [3.8, 4) is 5.75 Å².